The predicted octanol–water partition coefficient (Wildman–Crippen LogP) is 5.19. The monoisotopic (exact) mass is 599 g/mol. The molecule has 36 heavy (non-hydrogen) atoms. The maximum Gasteiger partial charge on any atom is 0.329 e. The van der Waals surface area contributed by atoms with E-state index in [9.17, 15) is 19.7 Å². The highest BCUT2D eigenvalue weighted by Crippen LogP contribution is 2.35. The quantitative estimate of drug-likeness (QED) is 0.126. The van der Waals surface area contributed by atoms with Crippen molar-refractivity contribution < 1.29 is 24.0 Å². The summed E-state index contributed by atoms with van der Waals surface area (Å²) in [5.41, 5.74) is 3.55. The minimum Gasteiger partial charge on any atom is -0.493 e. The van der Waals surface area contributed by atoms with Gasteiger partial charge in [0.15, 0.2) is 11.5 Å². The fourth-order valence-corrected chi connectivity index (χ4v) is 4.37. The Labute approximate surface area is 221 Å². The molecule has 0 spiro atoms. The average Bonchev–Trinajstić information content (AvgIpc) is 3.11. The number of ether oxygens (including phenoxy) is 2. The molecular weight excluding hydrogens is 577 g/mol. The molecule has 10 heteroatoms. The van der Waals surface area contributed by atoms with E-state index in [-0.39, 0.29) is 24.5 Å². The molecule has 3 amide bonds. The van der Waals surface area contributed by atoms with Crippen molar-refractivity contribution in [1.29, 1.82) is 0 Å². The van der Waals surface area contributed by atoms with Gasteiger partial charge in [0.2, 0.25) is 0 Å². The van der Waals surface area contributed by atoms with Crippen molar-refractivity contribution >= 4 is 46.3 Å². The van der Waals surface area contributed by atoms with Crippen molar-refractivity contribution in [2.75, 3.05) is 7.11 Å². The molecule has 0 aromatic heterocycles. The fourth-order valence-electron chi connectivity index (χ4n) is 3.59. The van der Waals surface area contributed by atoms with Gasteiger partial charge in [-0.3, -0.25) is 19.8 Å². The topological polar surface area (TPSA) is 111 Å². The number of carbonyl (C=O) groups excluding carboxylic acids is 2. The summed E-state index contributed by atoms with van der Waals surface area (Å²) in [7, 11) is 1.51. The first-order valence-corrected chi connectivity index (χ1v) is 12.0. The Hall–Kier alpha value is -3.93. The molecule has 184 valence electrons. The highest BCUT2D eigenvalue weighted by Gasteiger charge is 2.33. The van der Waals surface area contributed by atoms with E-state index in [0.717, 1.165) is 20.3 Å². The van der Waals surface area contributed by atoms with Crippen molar-refractivity contribution in [1.82, 2.24) is 10.2 Å². The van der Waals surface area contributed by atoms with Gasteiger partial charge in [0, 0.05) is 12.1 Å². The van der Waals surface area contributed by atoms with Crippen LogP contribution < -0.4 is 14.8 Å². The van der Waals surface area contributed by atoms with E-state index in [1.807, 2.05) is 37.3 Å². The van der Waals surface area contributed by atoms with Gasteiger partial charge in [-0.05, 0) is 76.5 Å². The zero-order valence-corrected chi connectivity index (χ0v) is 21.6. The van der Waals surface area contributed by atoms with E-state index < -0.39 is 16.9 Å². The van der Waals surface area contributed by atoms with Gasteiger partial charge in [-0.25, -0.2) is 4.79 Å². The van der Waals surface area contributed by atoms with Crippen molar-refractivity contribution in [3.63, 3.8) is 0 Å². The lowest BCUT2D eigenvalue weighted by Gasteiger charge is -2.14. The lowest BCUT2D eigenvalue weighted by Crippen LogP contribution is -2.30. The molecule has 1 aliphatic rings. The molecule has 0 radical (unpaired) electrons. The van der Waals surface area contributed by atoms with Gasteiger partial charge in [0.05, 0.1) is 22.1 Å². The second kappa shape index (κ2) is 10.8. The molecule has 9 nitrogen and oxygen atoms in total. The van der Waals surface area contributed by atoms with Crippen LogP contribution in [0.2, 0.25) is 0 Å². The smallest absolute Gasteiger partial charge is 0.329 e. The average molecular weight is 599 g/mol. The highest BCUT2D eigenvalue weighted by molar-refractivity contribution is 14.1. The van der Waals surface area contributed by atoms with E-state index in [2.05, 4.69) is 27.9 Å². The number of benzene rings is 3. The summed E-state index contributed by atoms with van der Waals surface area (Å²) in [6.45, 7) is 2.34. The molecule has 0 aliphatic carbocycles. The predicted molar refractivity (Wildman–Crippen MR) is 141 cm³/mol. The molecule has 0 atom stereocenters. The number of non-ortho nitro benzene ring substituents is 1. The number of nitro groups is 1. The molecular formula is C26H22IN3O6. The first kappa shape index (κ1) is 25.2. The third-order valence-electron chi connectivity index (χ3n) is 5.52. The Kier molecular flexibility index (Phi) is 7.53. The number of nitrogens with zero attached hydrogens (tertiary/aromatic N) is 2. The standard InChI is InChI=1S/C26H22IN3O6/c1-16-3-5-17(6-4-16)14-29-25(31)22(28-26(29)32)12-19-11-21(27)24(23(13-19)35-2)36-15-18-7-9-20(10-8-18)30(33)34/h3-13H,14-15H2,1-2H3,(H,28,32)/b22-12+. The molecule has 3 aromatic rings. The van der Waals surface area contributed by atoms with E-state index >= 15 is 0 Å². The third-order valence-corrected chi connectivity index (χ3v) is 6.32. The number of nitro benzene ring substituents is 1. The van der Waals surface area contributed by atoms with Gasteiger partial charge < -0.3 is 14.8 Å². The zero-order valence-electron chi connectivity index (χ0n) is 19.5. The fraction of sp³-hybridized carbons (Fsp3) is 0.154. The van der Waals surface area contributed by atoms with E-state index in [1.54, 1.807) is 24.3 Å². The van der Waals surface area contributed by atoms with Crippen LogP contribution in [0.1, 0.15) is 22.3 Å². The van der Waals surface area contributed by atoms with Gasteiger partial charge in [0.25, 0.3) is 11.6 Å². The zero-order chi connectivity index (χ0) is 25.8. The SMILES string of the molecule is COc1cc(/C=C2/NC(=O)N(Cc3ccc(C)cc3)C2=O)cc(I)c1OCc1ccc([N+](=O)[O-])cc1. The summed E-state index contributed by atoms with van der Waals surface area (Å²) < 4.78 is 12.2. The van der Waals surface area contributed by atoms with Crippen LogP contribution in [0.4, 0.5) is 10.5 Å². The molecule has 1 saturated heterocycles. The van der Waals surface area contributed by atoms with Crippen molar-refractivity contribution in [3.8, 4) is 11.5 Å². The molecule has 0 unspecified atom stereocenters. The second-order valence-corrected chi connectivity index (χ2v) is 9.27. The van der Waals surface area contributed by atoms with Crippen LogP contribution >= 0.6 is 22.6 Å². The number of hydrogen-bond acceptors (Lipinski definition) is 6. The summed E-state index contributed by atoms with van der Waals surface area (Å²) in [4.78, 5) is 36.9. The summed E-state index contributed by atoms with van der Waals surface area (Å²) in [6, 6.07) is 16.8. The molecule has 0 saturated carbocycles. The summed E-state index contributed by atoms with van der Waals surface area (Å²) in [6.07, 6.45) is 1.60. The number of imide groups is 1. The van der Waals surface area contributed by atoms with Crippen molar-refractivity contribution in [3.05, 3.63) is 102 Å². The van der Waals surface area contributed by atoms with Gasteiger partial charge in [0.1, 0.15) is 12.3 Å². The van der Waals surface area contributed by atoms with E-state index in [1.165, 1.54) is 24.1 Å². The normalized spacial score (nSPS) is 14.2. The van der Waals surface area contributed by atoms with Gasteiger partial charge in [-0.15, -0.1) is 0 Å². The maximum atomic E-state index is 12.9. The summed E-state index contributed by atoms with van der Waals surface area (Å²) in [5, 5.41) is 13.5. The first-order chi connectivity index (χ1) is 17.2. The lowest BCUT2D eigenvalue weighted by molar-refractivity contribution is -0.384. The number of nitrogens with one attached hydrogen (secondary N) is 1. The Morgan fingerprint density at radius 3 is 2.36 bits per heavy atom. The summed E-state index contributed by atoms with van der Waals surface area (Å²) in [5.74, 6) is 0.540. The lowest BCUT2D eigenvalue weighted by atomic mass is 10.1. The minimum atomic E-state index is -0.475. The van der Waals surface area contributed by atoms with Crippen molar-refractivity contribution in [2.45, 2.75) is 20.1 Å². The molecule has 1 fully saturated rings. The number of carbonyl (C=O) groups is 2. The van der Waals surface area contributed by atoms with Gasteiger partial charge in [-0.2, -0.15) is 0 Å². The van der Waals surface area contributed by atoms with Crippen LogP contribution in [-0.4, -0.2) is 28.9 Å². The van der Waals surface area contributed by atoms with Crippen LogP contribution in [0.5, 0.6) is 11.5 Å². The van der Waals surface area contributed by atoms with Crippen LogP contribution in [-0.2, 0) is 17.9 Å². The summed E-state index contributed by atoms with van der Waals surface area (Å²) >= 11 is 2.10. The molecule has 1 aliphatic heterocycles. The maximum absolute atomic E-state index is 12.9. The molecule has 3 aromatic carbocycles. The minimum absolute atomic E-state index is 0.00860. The first-order valence-electron chi connectivity index (χ1n) is 10.9. The van der Waals surface area contributed by atoms with Crippen LogP contribution in [0.15, 0.2) is 66.4 Å². The Morgan fingerprint density at radius 1 is 1.06 bits per heavy atom. The molecule has 0 bridgehead atoms. The van der Waals surface area contributed by atoms with Crippen LogP contribution in [0.25, 0.3) is 6.08 Å². The third kappa shape index (κ3) is 5.65. The second-order valence-electron chi connectivity index (χ2n) is 8.11. The van der Waals surface area contributed by atoms with E-state index in [0.29, 0.717) is 17.1 Å². The Morgan fingerprint density at radius 2 is 1.72 bits per heavy atom. The Bertz CT molecular complexity index is 1350. The Balaban J connectivity index is 1.50. The van der Waals surface area contributed by atoms with Crippen LogP contribution in [0, 0.1) is 20.6 Å². The largest absolute Gasteiger partial charge is 0.493 e. The number of halogens is 1. The number of urea groups is 1. The molecule has 4 rings (SSSR count). The highest BCUT2D eigenvalue weighted by atomic mass is 127. The number of hydrogen-bond donors (Lipinski definition) is 1. The van der Waals surface area contributed by atoms with Gasteiger partial charge >= 0.3 is 6.03 Å². The molecule has 1 N–H and O–H groups in total. The van der Waals surface area contributed by atoms with Crippen molar-refractivity contribution in [2.24, 2.45) is 0 Å². The number of methoxy groups -OCH3 is 1. The number of rotatable bonds is 8. The van der Waals surface area contributed by atoms with E-state index in [4.69, 9.17) is 9.47 Å². The number of aryl methyl sites for hydroxylation is 1. The van der Waals surface area contributed by atoms with Crippen LogP contribution in [0.3, 0.4) is 0 Å². The van der Waals surface area contributed by atoms with Gasteiger partial charge in [-0.1, -0.05) is 29.8 Å². The number of amides is 3. The molecule has 1 heterocycles.